The highest BCUT2D eigenvalue weighted by Crippen LogP contribution is 2.32. The van der Waals surface area contributed by atoms with Gasteiger partial charge < -0.3 is 14.8 Å². The molecule has 1 N–H and O–H groups in total. The van der Waals surface area contributed by atoms with Gasteiger partial charge in [-0.2, -0.15) is 0 Å². The van der Waals surface area contributed by atoms with Gasteiger partial charge in [0.15, 0.2) is 11.5 Å². The molecule has 6 nitrogen and oxygen atoms in total. The molecular formula is C20H31N3O3. The Hall–Kier alpha value is -1.79. The molecule has 2 aliphatic heterocycles. The van der Waals surface area contributed by atoms with Gasteiger partial charge in [0, 0.05) is 44.7 Å². The summed E-state index contributed by atoms with van der Waals surface area (Å²) in [5, 5.41) is 3.02. The number of likely N-dealkylation sites (N-methyl/N-ethyl adjacent to an activating group) is 1. The van der Waals surface area contributed by atoms with Crippen LogP contribution in [-0.4, -0.2) is 68.2 Å². The Labute approximate surface area is 156 Å². The van der Waals surface area contributed by atoms with Crippen LogP contribution in [0.5, 0.6) is 11.5 Å². The van der Waals surface area contributed by atoms with Gasteiger partial charge in [0.2, 0.25) is 5.91 Å². The third-order valence-electron chi connectivity index (χ3n) is 5.74. The second kappa shape index (κ2) is 8.27. The molecule has 3 rings (SSSR count). The number of carbonyl (C=O) groups is 1. The largest absolute Gasteiger partial charge is 0.493 e. The lowest BCUT2D eigenvalue weighted by atomic mass is 9.86. The summed E-state index contributed by atoms with van der Waals surface area (Å²) in [6.45, 7) is 7.33. The molecule has 1 amide bonds. The van der Waals surface area contributed by atoms with E-state index < -0.39 is 0 Å². The minimum atomic E-state index is 0.0900. The van der Waals surface area contributed by atoms with Crippen molar-refractivity contribution in [3.8, 4) is 11.5 Å². The smallest absolute Gasteiger partial charge is 0.220 e. The third kappa shape index (κ3) is 4.13. The minimum absolute atomic E-state index is 0.0900. The molecule has 0 aliphatic carbocycles. The average Bonchev–Trinajstić information content (AvgIpc) is 2.82. The molecule has 0 aromatic heterocycles. The Morgan fingerprint density at radius 2 is 2.08 bits per heavy atom. The summed E-state index contributed by atoms with van der Waals surface area (Å²) in [4.78, 5) is 16.7. The van der Waals surface area contributed by atoms with Gasteiger partial charge in [0.1, 0.15) is 0 Å². The van der Waals surface area contributed by atoms with Crippen LogP contribution in [0.3, 0.4) is 0 Å². The quantitative estimate of drug-likeness (QED) is 0.868. The van der Waals surface area contributed by atoms with E-state index in [0.717, 1.165) is 57.1 Å². The monoisotopic (exact) mass is 361 g/mol. The first-order valence-corrected chi connectivity index (χ1v) is 9.56. The fourth-order valence-electron chi connectivity index (χ4n) is 4.16. The Bertz CT molecular complexity index is 637. The second-order valence-corrected chi connectivity index (χ2v) is 7.37. The van der Waals surface area contributed by atoms with Crippen molar-refractivity contribution in [2.45, 2.75) is 38.3 Å². The van der Waals surface area contributed by atoms with E-state index in [9.17, 15) is 4.79 Å². The third-order valence-corrected chi connectivity index (χ3v) is 5.74. The zero-order valence-corrected chi connectivity index (χ0v) is 16.2. The van der Waals surface area contributed by atoms with E-state index in [2.05, 4.69) is 34.3 Å². The van der Waals surface area contributed by atoms with E-state index >= 15 is 0 Å². The first-order chi connectivity index (χ1) is 12.6. The van der Waals surface area contributed by atoms with Gasteiger partial charge in [0.05, 0.1) is 13.7 Å². The average molecular weight is 361 g/mol. The van der Waals surface area contributed by atoms with Gasteiger partial charge in [-0.05, 0) is 44.5 Å². The van der Waals surface area contributed by atoms with Crippen LogP contribution in [0, 0.1) is 0 Å². The SMILES string of the molecule is CCOc1ccc(CN2CCN(C)[C@@]3(CCNC(=O)CC3)C2)cc1OC. The molecule has 26 heavy (non-hydrogen) atoms. The van der Waals surface area contributed by atoms with Crippen LogP contribution in [0.2, 0.25) is 0 Å². The van der Waals surface area contributed by atoms with Crippen molar-refractivity contribution >= 4 is 5.91 Å². The summed E-state index contributed by atoms with van der Waals surface area (Å²) in [7, 11) is 3.88. The number of methoxy groups -OCH3 is 1. The molecule has 1 aromatic rings. The van der Waals surface area contributed by atoms with E-state index in [1.807, 2.05) is 13.0 Å². The number of carbonyl (C=O) groups excluding carboxylic acids is 1. The number of ether oxygens (including phenoxy) is 2. The van der Waals surface area contributed by atoms with Crippen LogP contribution >= 0.6 is 0 Å². The van der Waals surface area contributed by atoms with E-state index in [-0.39, 0.29) is 11.4 Å². The number of benzene rings is 1. The first kappa shape index (κ1) is 19.0. The molecule has 6 heteroatoms. The molecule has 144 valence electrons. The summed E-state index contributed by atoms with van der Waals surface area (Å²) >= 11 is 0. The summed E-state index contributed by atoms with van der Waals surface area (Å²) in [5.41, 5.74) is 1.32. The lowest BCUT2D eigenvalue weighted by Crippen LogP contribution is -2.60. The normalized spacial score (nSPS) is 25.0. The number of amides is 1. The van der Waals surface area contributed by atoms with Gasteiger partial charge in [-0.15, -0.1) is 0 Å². The standard InChI is InChI=1S/C20H31N3O3/c1-4-26-17-6-5-16(13-18(17)25-3)14-23-12-11-22(2)20(15-23)8-7-19(24)21-10-9-20/h5-6,13H,4,7-12,14-15H2,1-3H3,(H,21,24)/t20-/m0/s1. The maximum absolute atomic E-state index is 11.8. The van der Waals surface area contributed by atoms with Gasteiger partial charge in [-0.1, -0.05) is 6.07 Å². The van der Waals surface area contributed by atoms with Crippen molar-refractivity contribution in [1.82, 2.24) is 15.1 Å². The van der Waals surface area contributed by atoms with Crippen molar-refractivity contribution in [3.63, 3.8) is 0 Å². The van der Waals surface area contributed by atoms with Gasteiger partial charge in [0.25, 0.3) is 0 Å². The molecule has 0 radical (unpaired) electrons. The molecular weight excluding hydrogens is 330 g/mol. The highest BCUT2D eigenvalue weighted by Gasteiger charge is 2.40. The van der Waals surface area contributed by atoms with Gasteiger partial charge >= 0.3 is 0 Å². The number of hydrogen-bond acceptors (Lipinski definition) is 5. The number of hydrogen-bond donors (Lipinski definition) is 1. The predicted molar refractivity (Wildman–Crippen MR) is 102 cm³/mol. The van der Waals surface area contributed by atoms with E-state index in [1.165, 1.54) is 5.56 Å². The van der Waals surface area contributed by atoms with Crippen LogP contribution in [-0.2, 0) is 11.3 Å². The summed E-state index contributed by atoms with van der Waals surface area (Å²) < 4.78 is 11.1. The van der Waals surface area contributed by atoms with Crippen LogP contribution < -0.4 is 14.8 Å². The molecule has 1 aromatic carbocycles. The Kier molecular flexibility index (Phi) is 6.04. The molecule has 1 spiro atoms. The van der Waals surface area contributed by atoms with Gasteiger partial charge in [-0.25, -0.2) is 0 Å². The first-order valence-electron chi connectivity index (χ1n) is 9.56. The van der Waals surface area contributed by atoms with Crippen molar-refractivity contribution < 1.29 is 14.3 Å². The van der Waals surface area contributed by atoms with Crippen LogP contribution in [0.4, 0.5) is 0 Å². The summed E-state index contributed by atoms with van der Waals surface area (Å²) in [6.07, 6.45) is 2.56. The Morgan fingerprint density at radius 3 is 2.85 bits per heavy atom. The second-order valence-electron chi connectivity index (χ2n) is 7.37. The zero-order chi connectivity index (χ0) is 18.6. The van der Waals surface area contributed by atoms with E-state index in [0.29, 0.717) is 13.0 Å². The van der Waals surface area contributed by atoms with Crippen LogP contribution in [0.25, 0.3) is 0 Å². The van der Waals surface area contributed by atoms with E-state index in [1.54, 1.807) is 7.11 Å². The molecule has 2 aliphatic rings. The zero-order valence-electron chi connectivity index (χ0n) is 16.2. The highest BCUT2D eigenvalue weighted by atomic mass is 16.5. The minimum Gasteiger partial charge on any atom is -0.493 e. The summed E-state index contributed by atoms with van der Waals surface area (Å²) in [6, 6.07) is 6.20. The highest BCUT2D eigenvalue weighted by molar-refractivity contribution is 5.76. The predicted octanol–water partition coefficient (Wildman–Crippen LogP) is 1.88. The lowest BCUT2D eigenvalue weighted by Gasteiger charge is -2.49. The van der Waals surface area contributed by atoms with Crippen molar-refractivity contribution in [2.24, 2.45) is 0 Å². The number of nitrogens with zero attached hydrogens (tertiary/aromatic N) is 2. The number of rotatable bonds is 5. The van der Waals surface area contributed by atoms with Crippen LogP contribution in [0.1, 0.15) is 31.7 Å². The van der Waals surface area contributed by atoms with Crippen LogP contribution in [0.15, 0.2) is 18.2 Å². The molecule has 2 fully saturated rings. The maximum Gasteiger partial charge on any atom is 0.220 e. The molecule has 0 bridgehead atoms. The number of piperazine rings is 1. The molecule has 1 atom stereocenters. The van der Waals surface area contributed by atoms with Crippen molar-refractivity contribution in [3.05, 3.63) is 23.8 Å². The molecule has 2 heterocycles. The maximum atomic E-state index is 11.8. The summed E-state index contributed by atoms with van der Waals surface area (Å²) in [5.74, 6) is 1.77. The topological polar surface area (TPSA) is 54.0 Å². The van der Waals surface area contributed by atoms with Crippen molar-refractivity contribution in [2.75, 3.05) is 46.9 Å². The molecule has 0 saturated carbocycles. The Balaban J connectivity index is 1.71. The van der Waals surface area contributed by atoms with Crippen molar-refractivity contribution in [1.29, 1.82) is 0 Å². The van der Waals surface area contributed by atoms with E-state index in [4.69, 9.17) is 9.47 Å². The number of nitrogens with one attached hydrogen (secondary N) is 1. The molecule has 0 unspecified atom stereocenters. The fourth-order valence-corrected chi connectivity index (χ4v) is 4.16. The Morgan fingerprint density at radius 1 is 1.23 bits per heavy atom. The lowest BCUT2D eigenvalue weighted by molar-refractivity contribution is -0.121. The molecule has 2 saturated heterocycles. The van der Waals surface area contributed by atoms with Gasteiger partial charge in [-0.3, -0.25) is 14.6 Å². The fraction of sp³-hybridized carbons (Fsp3) is 0.650.